The third-order valence-electron chi connectivity index (χ3n) is 3.67. The number of anilines is 1. The van der Waals surface area contributed by atoms with Gasteiger partial charge in [0.05, 0.1) is 0 Å². The molecule has 0 unspecified atom stereocenters. The zero-order valence-corrected chi connectivity index (χ0v) is 14.9. The molecular weight excluding hydrogens is 345 g/mol. The molecule has 0 bridgehead atoms. The smallest absolute Gasteiger partial charge is 0.349 e. The van der Waals surface area contributed by atoms with E-state index >= 15 is 0 Å². The zero-order chi connectivity index (χ0) is 18.9. The Morgan fingerprint density at radius 2 is 1.71 bits per heavy atom. The Balaban J connectivity index is 2.99. The van der Waals surface area contributed by atoms with E-state index in [0.717, 1.165) is 6.07 Å². The maximum absolute atomic E-state index is 12.4. The summed E-state index contributed by atoms with van der Waals surface area (Å²) in [6, 6.07) is 3.45. The molecule has 0 fully saturated rings. The average molecular weight is 366 g/mol. The van der Waals surface area contributed by atoms with Gasteiger partial charge in [-0.05, 0) is 43.0 Å². The number of sulfonamides is 1. The second-order valence-corrected chi connectivity index (χ2v) is 8.32. The number of amides is 1. The van der Waals surface area contributed by atoms with E-state index in [9.17, 15) is 26.4 Å². The lowest BCUT2D eigenvalue weighted by atomic mass is 9.88. The summed E-state index contributed by atoms with van der Waals surface area (Å²) in [5.74, 6) is -0.375. The Labute approximate surface area is 139 Å². The van der Waals surface area contributed by atoms with Crippen LogP contribution >= 0.6 is 0 Å². The number of nitrogens with one attached hydrogen (secondary N) is 2. The van der Waals surface area contributed by atoms with Crippen molar-refractivity contribution in [3.63, 3.8) is 0 Å². The van der Waals surface area contributed by atoms with Crippen molar-refractivity contribution >= 4 is 21.6 Å². The van der Waals surface area contributed by atoms with E-state index in [4.69, 9.17) is 0 Å². The Hall–Kier alpha value is -1.77. The molecule has 0 spiro atoms. The number of carbonyl (C=O) groups is 1. The maximum atomic E-state index is 12.4. The Bertz CT molecular complexity index is 722. The van der Waals surface area contributed by atoms with Crippen LogP contribution in [-0.4, -0.2) is 25.9 Å². The van der Waals surface area contributed by atoms with E-state index in [1.807, 2.05) is 27.7 Å². The van der Waals surface area contributed by atoms with Crippen molar-refractivity contribution in [1.29, 1.82) is 0 Å². The molecular formula is C15H21F3N2O3S. The van der Waals surface area contributed by atoms with Crippen LogP contribution in [0.4, 0.5) is 18.9 Å². The summed E-state index contributed by atoms with van der Waals surface area (Å²) in [5, 5.41) is 2.81. The minimum Gasteiger partial charge on any atom is -0.349 e. The SMILES string of the molecule is Cc1cc(NS(=O)(=O)C(F)(F)F)ccc1C(=O)N[C@@H](C)C(C)(C)C. The highest BCUT2D eigenvalue weighted by Gasteiger charge is 2.46. The molecule has 0 aromatic heterocycles. The first kappa shape index (κ1) is 20.3. The third kappa shape index (κ3) is 4.86. The van der Waals surface area contributed by atoms with Crippen molar-refractivity contribution in [2.45, 2.75) is 46.2 Å². The van der Waals surface area contributed by atoms with Gasteiger partial charge >= 0.3 is 15.5 Å². The van der Waals surface area contributed by atoms with Crippen LogP contribution in [-0.2, 0) is 10.0 Å². The van der Waals surface area contributed by atoms with Gasteiger partial charge in [-0.15, -0.1) is 0 Å². The number of hydrogen-bond donors (Lipinski definition) is 2. The summed E-state index contributed by atoms with van der Waals surface area (Å²) in [6.45, 7) is 9.24. The Kier molecular flexibility index (Phi) is 5.59. The van der Waals surface area contributed by atoms with Crippen LogP contribution in [0.5, 0.6) is 0 Å². The molecule has 1 amide bonds. The number of halogens is 3. The van der Waals surface area contributed by atoms with Crippen LogP contribution in [0.3, 0.4) is 0 Å². The van der Waals surface area contributed by atoms with Gasteiger partial charge in [-0.25, -0.2) is 0 Å². The molecule has 0 saturated carbocycles. The van der Waals surface area contributed by atoms with Crippen molar-refractivity contribution in [2.75, 3.05) is 4.72 Å². The average Bonchev–Trinajstić information content (AvgIpc) is 2.35. The third-order valence-corrected chi connectivity index (χ3v) is 4.79. The summed E-state index contributed by atoms with van der Waals surface area (Å²) in [7, 11) is -5.49. The predicted molar refractivity (Wildman–Crippen MR) is 86.2 cm³/mol. The van der Waals surface area contributed by atoms with Crippen LogP contribution in [0.15, 0.2) is 18.2 Å². The van der Waals surface area contributed by atoms with Crippen LogP contribution in [0.2, 0.25) is 0 Å². The Morgan fingerprint density at radius 3 is 2.12 bits per heavy atom. The highest BCUT2D eigenvalue weighted by atomic mass is 32.2. The van der Waals surface area contributed by atoms with Gasteiger partial charge in [-0.2, -0.15) is 21.6 Å². The highest BCUT2D eigenvalue weighted by molar-refractivity contribution is 7.93. The topological polar surface area (TPSA) is 75.3 Å². The highest BCUT2D eigenvalue weighted by Crippen LogP contribution is 2.26. The molecule has 0 heterocycles. The number of rotatable bonds is 4. The minimum absolute atomic E-state index is 0.132. The molecule has 5 nitrogen and oxygen atoms in total. The molecule has 0 aliphatic carbocycles. The van der Waals surface area contributed by atoms with E-state index in [0.29, 0.717) is 5.56 Å². The predicted octanol–water partition coefficient (Wildman–Crippen LogP) is 3.42. The van der Waals surface area contributed by atoms with Gasteiger partial charge in [0.15, 0.2) is 0 Å². The van der Waals surface area contributed by atoms with Crippen LogP contribution in [0.25, 0.3) is 0 Å². The molecule has 1 aromatic carbocycles. The van der Waals surface area contributed by atoms with Gasteiger partial charge in [0.1, 0.15) is 0 Å². The zero-order valence-electron chi connectivity index (χ0n) is 14.1. The molecule has 1 rings (SSSR count). The lowest BCUT2D eigenvalue weighted by molar-refractivity contribution is -0.0429. The van der Waals surface area contributed by atoms with Crippen LogP contribution in [0, 0.1) is 12.3 Å². The van der Waals surface area contributed by atoms with Crippen molar-refractivity contribution in [3.05, 3.63) is 29.3 Å². The summed E-state index contributed by atoms with van der Waals surface area (Å²) in [5.41, 5.74) is -5.20. The van der Waals surface area contributed by atoms with Gasteiger partial charge in [0.25, 0.3) is 5.91 Å². The molecule has 1 aromatic rings. The van der Waals surface area contributed by atoms with Crippen molar-refractivity contribution in [1.82, 2.24) is 5.32 Å². The van der Waals surface area contributed by atoms with Crippen LogP contribution in [0.1, 0.15) is 43.6 Å². The normalized spacial score (nSPS) is 14.2. The molecule has 0 aliphatic heterocycles. The number of aryl methyl sites for hydroxylation is 1. The first-order valence-corrected chi connectivity index (χ1v) is 8.64. The first-order chi connectivity index (χ1) is 10.6. The lowest BCUT2D eigenvalue weighted by Crippen LogP contribution is -2.41. The summed E-state index contributed by atoms with van der Waals surface area (Å²) in [4.78, 5) is 12.2. The van der Waals surface area contributed by atoms with Gasteiger partial charge in [-0.1, -0.05) is 20.8 Å². The molecule has 9 heteroatoms. The first-order valence-electron chi connectivity index (χ1n) is 7.16. The van der Waals surface area contributed by atoms with Crippen molar-refractivity contribution in [3.8, 4) is 0 Å². The molecule has 2 N–H and O–H groups in total. The molecule has 136 valence electrons. The quantitative estimate of drug-likeness (QED) is 0.857. The van der Waals surface area contributed by atoms with E-state index in [2.05, 4.69) is 5.32 Å². The number of carbonyl (C=O) groups excluding carboxylic acids is 1. The standard InChI is InChI=1S/C15H21F3N2O3S/c1-9-8-11(20-24(22,23)15(16,17)18)6-7-12(9)13(21)19-10(2)14(3,4)5/h6-8,10,20H,1-5H3,(H,19,21)/t10-/m0/s1. The fourth-order valence-corrected chi connectivity index (χ4v) is 2.24. The molecule has 24 heavy (non-hydrogen) atoms. The van der Waals surface area contributed by atoms with E-state index in [1.54, 1.807) is 0 Å². The maximum Gasteiger partial charge on any atom is 0.516 e. The molecule has 1 atom stereocenters. The largest absolute Gasteiger partial charge is 0.516 e. The van der Waals surface area contributed by atoms with E-state index < -0.39 is 15.5 Å². The minimum atomic E-state index is -5.49. The summed E-state index contributed by atoms with van der Waals surface area (Å²) in [6.07, 6.45) is 0. The van der Waals surface area contributed by atoms with E-state index in [1.165, 1.54) is 23.8 Å². The summed E-state index contributed by atoms with van der Waals surface area (Å²) < 4.78 is 60.7. The van der Waals surface area contributed by atoms with Crippen molar-refractivity contribution < 1.29 is 26.4 Å². The second kappa shape index (κ2) is 6.62. The van der Waals surface area contributed by atoms with Crippen LogP contribution < -0.4 is 10.0 Å². The van der Waals surface area contributed by atoms with Gasteiger partial charge in [-0.3, -0.25) is 9.52 Å². The second-order valence-electron chi connectivity index (χ2n) is 6.64. The number of hydrogen-bond acceptors (Lipinski definition) is 3. The van der Waals surface area contributed by atoms with E-state index in [-0.39, 0.29) is 28.6 Å². The number of benzene rings is 1. The van der Waals surface area contributed by atoms with Gasteiger partial charge in [0, 0.05) is 17.3 Å². The van der Waals surface area contributed by atoms with Crippen molar-refractivity contribution in [2.24, 2.45) is 5.41 Å². The Morgan fingerprint density at radius 1 is 1.17 bits per heavy atom. The molecule has 0 saturated heterocycles. The fourth-order valence-electron chi connectivity index (χ4n) is 1.69. The lowest BCUT2D eigenvalue weighted by Gasteiger charge is -2.28. The summed E-state index contributed by atoms with van der Waals surface area (Å²) >= 11 is 0. The monoisotopic (exact) mass is 366 g/mol. The fraction of sp³-hybridized carbons (Fsp3) is 0.533. The van der Waals surface area contributed by atoms with Gasteiger partial charge < -0.3 is 5.32 Å². The van der Waals surface area contributed by atoms with Gasteiger partial charge in [0.2, 0.25) is 0 Å². The number of alkyl halides is 3. The molecule has 0 aliphatic rings. The molecule has 0 radical (unpaired) electrons.